The number of carboxylic acids is 1. The van der Waals surface area contributed by atoms with Gasteiger partial charge in [-0.05, 0) is 55.7 Å². The Morgan fingerprint density at radius 1 is 1.16 bits per heavy atom. The van der Waals surface area contributed by atoms with E-state index >= 15 is 0 Å². The molecule has 3 rings (SSSR count). The van der Waals surface area contributed by atoms with Gasteiger partial charge in [-0.3, -0.25) is 4.79 Å². The van der Waals surface area contributed by atoms with E-state index in [1.54, 1.807) is 11.8 Å². The molecule has 0 spiro atoms. The second-order valence-corrected chi connectivity index (χ2v) is 10.0. The van der Waals surface area contributed by atoms with Crippen LogP contribution >= 0.6 is 23.1 Å². The lowest BCUT2D eigenvalue weighted by Gasteiger charge is -2.11. The Bertz CT molecular complexity index is 1090. The van der Waals surface area contributed by atoms with Crippen LogP contribution in [0, 0.1) is 13.8 Å². The van der Waals surface area contributed by atoms with Gasteiger partial charge in [0.05, 0.1) is 11.3 Å². The molecule has 32 heavy (non-hydrogen) atoms. The van der Waals surface area contributed by atoms with Gasteiger partial charge in [-0.2, -0.15) is 13.2 Å². The van der Waals surface area contributed by atoms with Gasteiger partial charge in [-0.1, -0.05) is 25.1 Å². The second-order valence-electron chi connectivity index (χ2n) is 7.73. The van der Waals surface area contributed by atoms with Crippen LogP contribution in [0.4, 0.5) is 13.2 Å². The van der Waals surface area contributed by atoms with Crippen molar-refractivity contribution in [2.75, 3.05) is 5.75 Å². The smallest absolute Gasteiger partial charge is 0.416 e. The molecule has 1 N–H and O–H groups in total. The van der Waals surface area contributed by atoms with Gasteiger partial charge in [0.25, 0.3) is 0 Å². The van der Waals surface area contributed by atoms with Crippen LogP contribution in [0.2, 0.25) is 0 Å². The zero-order valence-corrected chi connectivity index (χ0v) is 19.6. The van der Waals surface area contributed by atoms with Crippen molar-refractivity contribution in [2.24, 2.45) is 0 Å². The van der Waals surface area contributed by atoms with E-state index in [0.29, 0.717) is 12.0 Å². The predicted octanol–water partition coefficient (Wildman–Crippen LogP) is 7.36. The zero-order chi connectivity index (χ0) is 23.5. The quantitative estimate of drug-likeness (QED) is 0.343. The molecule has 0 amide bonds. The highest BCUT2D eigenvalue weighted by atomic mass is 32.2. The predicted molar refractivity (Wildman–Crippen MR) is 124 cm³/mol. The summed E-state index contributed by atoms with van der Waals surface area (Å²) in [6.07, 6.45) is -3.71. The summed E-state index contributed by atoms with van der Waals surface area (Å²) in [5.41, 5.74) is 3.11. The number of carbonyl (C=O) groups is 1. The number of carboxylic acid groups (broad SMARTS) is 1. The number of aromatic nitrogens is 1. The summed E-state index contributed by atoms with van der Waals surface area (Å²) in [6, 6.07) is 11.2. The maximum atomic E-state index is 12.8. The summed E-state index contributed by atoms with van der Waals surface area (Å²) in [6.45, 7) is 6.08. The SMILES string of the molecule is Cc1cc(SC[C@H](C)c2nc(-c3ccc(C(F)(F)F)cc3)sc2C)ccc1CCC(=O)O. The molecule has 0 aliphatic rings. The third kappa shape index (κ3) is 6.13. The molecule has 0 aliphatic carbocycles. The molecule has 0 unspecified atom stereocenters. The molecule has 1 heterocycles. The highest BCUT2D eigenvalue weighted by Gasteiger charge is 2.30. The molecule has 1 atom stereocenters. The Morgan fingerprint density at radius 2 is 1.84 bits per heavy atom. The standard InChI is InChI=1S/C24H24F3NO2S2/c1-14-12-20(10-6-17(14)7-11-21(29)30)31-13-15(2)22-16(3)32-23(28-22)18-4-8-19(9-5-18)24(25,26)27/h4-6,8-10,12,15H,7,11,13H2,1-3H3,(H,29,30)/t15-/m0/s1. The summed E-state index contributed by atoms with van der Waals surface area (Å²) in [5, 5.41) is 9.58. The van der Waals surface area contributed by atoms with Gasteiger partial charge in [0.15, 0.2) is 0 Å². The number of halogens is 3. The van der Waals surface area contributed by atoms with E-state index in [-0.39, 0.29) is 12.3 Å². The fourth-order valence-corrected chi connectivity index (χ4v) is 5.44. The molecule has 1 aromatic heterocycles. The molecule has 0 radical (unpaired) electrons. The van der Waals surface area contributed by atoms with Gasteiger partial charge in [-0.15, -0.1) is 23.1 Å². The minimum Gasteiger partial charge on any atom is -0.481 e. The van der Waals surface area contributed by atoms with Gasteiger partial charge in [-0.25, -0.2) is 4.98 Å². The normalized spacial score (nSPS) is 12.7. The van der Waals surface area contributed by atoms with Crippen molar-refractivity contribution >= 4 is 29.1 Å². The molecule has 2 aromatic carbocycles. The summed E-state index contributed by atoms with van der Waals surface area (Å²) in [4.78, 5) is 17.7. The van der Waals surface area contributed by atoms with Crippen molar-refractivity contribution in [1.29, 1.82) is 0 Å². The molecule has 0 saturated carbocycles. The molecule has 170 valence electrons. The van der Waals surface area contributed by atoms with Crippen LogP contribution in [0.15, 0.2) is 47.4 Å². The molecule has 0 saturated heterocycles. The lowest BCUT2D eigenvalue weighted by molar-refractivity contribution is -0.138. The molecule has 0 fully saturated rings. The molecule has 0 bridgehead atoms. The van der Waals surface area contributed by atoms with Crippen LogP contribution < -0.4 is 0 Å². The van der Waals surface area contributed by atoms with E-state index in [2.05, 4.69) is 13.0 Å². The first kappa shape index (κ1) is 24.3. The lowest BCUT2D eigenvalue weighted by atomic mass is 10.0. The number of aliphatic carboxylic acids is 1. The summed E-state index contributed by atoms with van der Waals surface area (Å²) in [5.74, 6) is 0.183. The Hall–Kier alpha value is -2.32. The van der Waals surface area contributed by atoms with E-state index in [1.807, 2.05) is 26.0 Å². The Morgan fingerprint density at radius 3 is 2.44 bits per heavy atom. The summed E-state index contributed by atoms with van der Waals surface area (Å²) < 4.78 is 38.4. The molecule has 0 aliphatic heterocycles. The van der Waals surface area contributed by atoms with E-state index in [9.17, 15) is 18.0 Å². The first-order valence-electron chi connectivity index (χ1n) is 10.1. The fourth-order valence-electron chi connectivity index (χ4n) is 3.37. The molecule has 3 aromatic rings. The minimum absolute atomic E-state index is 0.120. The highest BCUT2D eigenvalue weighted by molar-refractivity contribution is 7.99. The average molecular weight is 480 g/mol. The topological polar surface area (TPSA) is 50.2 Å². The summed E-state index contributed by atoms with van der Waals surface area (Å²) in [7, 11) is 0. The monoisotopic (exact) mass is 479 g/mol. The van der Waals surface area contributed by atoms with Crippen molar-refractivity contribution in [2.45, 2.75) is 50.6 Å². The van der Waals surface area contributed by atoms with E-state index in [1.165, 1.54) is 23.5 Å². The van der Waals surface area contributed by atoms with Crippen LogP contribution in [0.5, 0.6) is 0 Å². The van der Waals surface area contributed by atoms with Crippen LogP contribution in [0.3, 0.4) is 0 Å². The van der Waals surface area contributed by atoms with Gasteiger partial charge in [0.1, 0.15) is 5.01 Å². The van der Waals surface area contributed by atoms with Gasteiger partial charge >= 0.3 is 12.1 Å². The first-order valence-corrected chi connectivity index (χ1v) is 11.9. The van der Waals surface area contributed by atoms with Crippen molar-refractivity contribution in [3.05, 3.63) is 69.7 Å². The minimum atomic E-state index is -4.35. The van der Waals surface area contributed by atoms with E-state index in [4.69, 9.17) is 10.1 Å². The Labute approximate surface area is 193 Å². The molecule has 8 heteroatoms. The molecule has 3 nitrogen and oxygen atoms in total. The van der Waals surface area contributed by atoms with Crippen molar-refractivity contribution in [1.82, 2.24) is 4.98 Å². The van der Waals surface area contributed by atoms with Crippen molar-refractivity contribution < 1.29 is 23.1 Å². The number of alkyl halides is 3. The zero-order valence-electron chi connectivity index (χ0n) is 18.0. The highest BCUT2D eigenvalue weighted by Crippen LogP contribution is 2.36. The van der Waals surface area contributed by atoms with E-state index < -0.39 is 17.7 Å². The molecular weight excluding hydrogens is 455 g/mol. The third-order valence-electron chi connectivity index (χ3n) is 5.18. The number of thioether (sulfide) groups is 1. The van der Waals surface area contributed by atoms with Crippen LogP contribution in [-0.4, -0.2) is 21.8 Å². The first-order chi connectivity index (χ1) is 15.0. The van der Waals surface area contributed by atoms with E-state index in [0.717, 1.165) is 49.5 Å². The number of benzene rings is 2. The fraction of sp³-hybridized carbons (Fsp3) is 0.333. The number of thiazole rings is 1. The maximum absolute atomic E-state index is 12.8. The lowest BCUT2D eigenvalue weighted by Crippen LogP contribution is -2.04. The number of hydrogen-bond donors (Lipinski definition) is 1. The van der Waals surface area contributed by atoms with Gasteiger partial charge < -0.3 is 5.11 Å². The number of hydrogen-bond acceptors (Lipinski definition) is 4. The third-order valence-corrected chi connectivity index (χ3v) is 7.47. The van der Waals surface area contributed by atoms with Crippen LogP contribution in [0.25, 0.3) is 10.6 Å². The van der Waals surface area contributed by atoms with Gasteiger partial charge in [0, 0.05) is 33.4 Å². The Kier molecular flexibility index (Phi) is 7.67. The number of aryl methyl sites for hydroxylation is 3. The van der Waals surface area contributed by atoms with Crippen LogP contribution in [-0.2, 0) is 17.4 Å². The number of nitrogens with zero attached hydrogens (tertiary/aromatic N) is 1. The summed E-state index contributed by atoms with van der Waals surface area (Å²) >= 11 is 3.21. The van der Waals surface area contributed by atoms with Crippen molar-refractivity contribution in [3.63, 3.8) is 0 Å². The second kappa shape index (κ2) is 10.1. The molecular formula is C24H24F3NO2S2. The largest absolute Gasteiger partial charge is 0.481 e. The van der Waals surface area contributed by atoms with Crippen LogP contribution in [0.1, 0.15) is 46.5 Å². The Balaban J connectivity index is 1.66. The average Bonchev–Trinajstić information content (AvgIpc) is 3.12. The van der Waals surface area contributed by atoms with Gasteiger partial charge in [0.2, 0.25) is 0 Å². The number of rotatable bonds is 8. The maximum Gasteiger partial charge on any atom is 0.416 e. The van der Waals surface area contributed by atoms with Crippen molar-refractivity contribution in [3.8, 4) is 10.6 Å².